The second-order valence-corrected chi connectivity index (χ2v) is 3.17. The van der Waals surface area contributed by atoms with Gasteiger partial charge in [0, 0.05) is 0 Å². The first-order valence-electron chi connectivity index (χ1n) is 3.38. The van der Waals surface area contributed by atoms with Gasteiger partial charge in [0.25, 0.3) is 0 Å². The molecule has 0 N–H and O–H groups in total. The van der Waals surface area contributed by atoms with Crippen molar-refractivity contribution in [1.82, 2.24) is 4.98 Å². The molecule has 2 rings (SSSR count). The van der Waals surface area contributed by atoms with E-state index in [2.05, 4.69) is 4.98 Å². The highest BCUT2D eigenvalue weighted by atomic mass is 32.1. The first kappa shape index (κ1) is 7.49. The fourth-order valence-corrected chi connectivity index (χ4v) is 1.75. The first-order chi connectivity index (χ1) is 5.83. The molecule has 12 heavy (non-hydrogen) atoms. The number of halogens is 1. The Morgan fingerprint density at radius 3 is 3.08 bits per heavy atom. The van der Waals surface area contributed by atoms with Crippen molar-refractivity contribution in [2.75, 3.05) is 7.11 Å². The van der Waals surface area contributed by atoms with Crippen LogP contribution < -0.4 is 4.74 Å². The van der Waals surface area contributed by atoms with Crippen molar-refractivity contribution in [1.29, 1.82) is 0 Å². The van der Waals surface area contributed by atoms with Crippen LogP contribution in [0.3, 0.4) is 0 Å². The highest BCUT2D eigenvalue weighted by Gasteiger charge is 2.08. The Morgan fingerprint density at radius 2 is 2.33 bits per heavy atom. The summed E-state index contributed by atoms with van der Waals surface area (Å²) >= 11 is 1.47. The summed E-state index contributed by atoms with van der Waals surface area (Å²) in [5.74, 6) is -0.135. The van der Waals surface area contributed by atoms with E-state index >= 15 is 0 Å². The lowest BCUT2D eigenvalue weighted by molar-refractivity contribution is 0.391. The van der Waals surface area contributed by atoms with Crippen LogP contribution in [0.5, 0.6) is 5.75 Å². The van der Waals surface area contributed by atoms with E-state index in [-0.39, 0.29) is 11.6 Å². The SMILES string of the molecule is COc1c(F)ccc2scnc12. The molecule has 0 saturated carbocycles. The van der Waals surface area contributed by atoms with Gasteiger partial charge in [-0.1, -0.05) is 0 Å². The Bertz CT molecular complexity index is 412. The Kier molecular flexibility index (Phi) is 1.69. The van der Waals surface area contributed by atoms with Crippen LogP contribution in [0, 0.1) is 5.82 Å². The molecule has 1 aromatic carbocycles. The number of thiazole rings is 1. The number of nitrogens with zero attached hydrogens (tertiary/aromatic N) is 1. The maximum atomic E-state index is 13.0. The van der Waals surface area contributed by atoms with Gasteiger partial charge in [-0.2, -0.15) is 0 Å². The molecule has 2 aromatic rings. The lowest BCUT2D eigenvalue weighted by Gasteiger charge is -2.00. The summed E-state index contributed by atoms with van der Waals surface area (Å²) in [6, 6.07) is 3.09. The molecule has 62 valence electrons. The van der Waals surface area contributed by atoms with Crippen LogP contribution in [0.2, 0.25) is 0 Å². The average Bonchev–Trinajstić information content (AvgIpc) is 2.52. The summed E-state index contributed by atoms with van der Waals surface area (Å²) in [6.07, 6.45) is 0. The van der Waals surface area contributed by atoms with Crippen molar-refractivity contribution in [2.24, 2.45) is 0 Å². The molecule has 0 bridgehead atoms. The normalized spacial score (nSPS) is 10.5. The number of hydrogen-bond donors (Lipinski definition) is 0. The van der Waals surface area contributed by atoms with Crippen molar-refractivity contribution in [2.45, 2.75) is 0 Å². The predicted octanol–water partition coefficient (Wildman–Crippen LogP) is 2.44. The summed E-state index contributed by atoms with van der Waals surface area (Å²) < 4.78 is 18.9. The molecule has 4 heteroatoms. The maximum Gasteiger partial charge on any atom is 0.181 e. The van der Waals surface area contributed by atoms with Crippen molar-refractivity contribution < 1.29 is 9.13 Å². The lowest BCUT2D eigenvalue weighted by Crippen LogP contribution is -1.88. The molecule has 0 aliphatic rings. The zero-order valence-corrected chi connectivity index (χ0v) is 7.19. The van der Waals surface area contributed by atoms with Crippen molar-refractivity contribution >= 4 is 21.6 Å². The minimum atomic E-state index is -0.365. The minimum absolute atomic E-state index is 0.230. The van der Waals surface area contributed by atoms with Crippen LogP contribution in [0.1, 0.15) is 0 Å². The third-order valence-corrected chi connectivity index (χ3v) is 2.41. The number of aromatic nitrogens is 1. The summed E-state index contributed by atoms with van der Waals surface area (Å²) in [7, 11) is 1.44. The Labute approximate surface area is 72.6 Å². The summed E-state index contributed by atoms with van der Waals surface area (Å²) in [5, 5.41) is 0. The van der Waals surface area contributed by atoms with E-state index in [1.807, 2.05) is 0 Å². The number of hydrogen-bond acceptors (Lipinski definition) is 3. The van der Waals surface area contributed by atoms with Gasteiger partial charge in [-0.05, 0) is 12.1 Å². The Balaban J connectivity index is 2.83. The molecule has 0 unspecified atom stereocenters. The van der Waals surface area contributed by atoms with Gasteiger partial charge in [-0.25, -0.2) is 9.37 Å². The van der Waals surface area contributed by atoms with Gasteiger partial charge in [-0.15, -0.1) is 11.3 Å². The molecular weight excluding hydrogens is 177 g/mol. The van der Waals surface area contributed by atoms with Gasteiger partial charge in [0.15, 0.2) is 11.6 Å². The molecule has 0 aliphatic carbocycles. The van der Waals surface area contributed by atoms with E-state index in [1.54, 1.807) is 11.6 Å². The van der Waals surface area contributed by atoms with Crippen LogP contribution in [0.15, 0.2) is 17.6 Å². The standard InChI is InChI=1S/C8H6FNOS/c1-11-8-5(9)2-3-6-7(8)10-4-12-6/h2-4H,1H3. The predicted molar refractivity (Wildman–Crippen MR) is 46.1 cm³/mol. The van der Waals surface area contributed by atoms with Crippen LogP contribution in [-0.2, 0) is 0 Å². The number of rotatable bonds is 1. The van der Waals surface area contributed by atoms with Crippen LogP contribution in [-0.4, -0.2) is 12.1 Å². The van der Waals surface area contributed by atoms with E-state index in [4.69, 9.17) is 4.74 Å². The molecular formula is C8H6FNOS. The zero-order valence-electron chi connectivity index (χ0n) is 6.37. The summed E-state index contributed by atoms with van der Waals surface area (Å²) in [5.41, 5.74) is 2.27. The van der Waals surface area contributed by atoms with E-state index < -0.39 is 0 Å². The highest BCUT2D eigenvalue weighted by molar-refractivity contribution is 7.16. The number of fused-ring (bicyclic) bond motifs is 1. The quantitative estimate of drug-likeness (QED) is 0.677. The van der Waals surface area contributed by atoms with Crippen LogP contribution >= 0.6 is 11.3 Å². The fraction of sp³-hybridized carbons (Fsp3) is 0.125. The van der Waals surface area contributed by atoms with Gasteiger partial charge < -0.3 is 4.74 Å². The zero-order chi connectivity index (χ0) is 8.55. The molecule has 0 saturated heterocycles. The molecule has 0 atom stereocenters. The van der Waals surface area contributed by atoms with Crippen LogP contribution in [0.4, 0.5) is 4.39 Å². The number of benzene rings is 1. The van der Waals surface area contributed by atoms with Gasteiger partial charge in [0.1, 0.15) is 5.52 Å². The van der Waals surface area contributed by atoms with Crippen molar-refractivity contribution in [3.63, 3.8) is 0 Å². The molecule has 1 heterocycles. The molecule has 0 aliphatic heterocycles. The molecule has 0 radical (unpaired) electrons. The summed E-state index contributed by atoms with van der Waals surface area (Å²) in [4.78, 5) is 4.00. The number of ether oxygens (including phenoxy) is 1. The summed E-state index contributed by atoms with van der Waals surface area (Å²) in [6.45, 7) is 0. The molecule has 1 aromatic heterocycles. The van der Waals surface area contributed by atoms with Crippen molar-refractivity contribution in [3.8, 4) is 5.75 Å². The van der Waals surface area contributed by atoms with E-state index in [1.165, 1.54) is 24.5 Å². The van der Waals surface area contributed by atoms with Gasteiger partial charge in [0.05, 0.1) is 17.3 Å². The number of methoxy groups -OCH3 is 1. The molecule has 0 fully saturated rings. The van der Waals surface area contributed by atoms with Crippen molar-refractivity contribution in [3.05, 3.63) is 23.5 Å². The monoisotopic (exact) mass is 183 g/mol. The second-order valence-electron chi connectivity index (χ2n) is 2.28. The second kappa shape index (κ2) is 2.71. The molecule has 0 spiro atoms. The van der Waals surface area contributed by atoms with E-state index in [0.29, 0.717) is 5.52 Å². The fourth-order valence-electron chi connectivity index (χ4n) is 1.08. The third-order valence-electron chi connectivity index (χ3n) is 1.61. The maximum absolute atomic E-state index is 13.0. The minimum Gasteiger partial charge on any atom is -0.491 e. The van der Waals surface area contributed by atoms with E-state index in [9.17, 15) is 4.39 Å². The Hall–Kier alpha value is -1.16. The Morgan fingerprint density at radius 1 is 1.50 bits per heavy atom. The van der Waals surface area contributed by atoms with Gasteiger partial charge in [-0.3, -0.25) is 0 Å². The first-order valence-corrected chi connectivity index (χ1v) is 4.26. The lowest BCUT2D eigenvalue weighted by atomic mass is 10.3. The molecule has 0 amide bonds. The third kappa shape index (κ3) is 0.956. The average molecular weight is 183 g/mol. The van der Waals surface area contributed by atoms with Gasteiger partial charge >= 0.3 is 0 Å². The van der Waals surface area contributed by atoms with Gasteiger partial charge in [0.2, 0.25) is 0 Å². The smallest absolute Gasteiger partial charge is 0.181 e. The molecule has 2 nitrogen and oxygen atoms in total. The topological polar surface area (TPSA) is 22.1 Å². The highest BCUT2D eigenvalue weighted by Crippen LogP contribution is 2.29. The largest absolute Gasteiger partial charge is 0.491 e. The van der Waals surface area contributed by atoms with Crippen LogP contribution in [0.25, 0.3) is 10.2 Å². The van der Waals surface area contributed by atoms with E-state index in [0.717, 1.165) is 4.70 Å².